The molecule has 15 heavy (non-hydrogen) atoms. The molecule has 1 heterocycles. The van der Waals surface area contributed by atoms with Crippen LogP contribution in [-0.2, 0) is 7.05 Å². The van der Waals surface area contributed by atoms with Crippen molar-refractivity contribution in [3.8, 4) is 0 Å². The first kappa shape index (κ1) is 11.7. The highest BCUT2D eigenvalue weighted by Gasteiger charge is 2.14. The van der Waals surface area contributed by atoms with Gasteiger partial charge >= 0.3 is 0 Å². The molecule has 0 saturated carbocycles. The molecule has 0 aromatic carbocycles. The van der Waals surface area contributed by atoms with E-state index in [9.17, 15) is 4.79 Å². The molecule has 3 heteroatoms. The molecule has 0 aliphatic carbocycles. The topological polar surface area (TPSA) is 34.9 Å². The first-order valence-electron chi connectivity index (χ1n) is 5.30. The minimum absolute atomic E-state index is 0.00269. The second-order valence-corrected chi connectivity index (χ2v) is 3.92. The lowest BCUT2D eigenvalue weighted by Crippen LogP contribution is -2.07. The van der Waals surface area contributed by atoms with Crippen LogP contribution in [0.1, 0.15) is 43.5 Å². The van der Waals surface area contributed by atoms with E-state index >= 15 is 0 Å². The Hall–Kier alpha value is -1.38. The third-order valence-corrected chi connectivity index (χ3v) is 2.19. The Labute approximate surface area is 90.8 Å². The minimum Gasteiger partial charge on any atom is -0.334 e. The molecular formula is C12H18N2O. The van der Waals surface area contributed by atoms with E-state index in [1.165, 1.54) is 0 Å². The average molecular weight is 206 g/mol. The van der Waals surface area contributed by atoms with Crippen molar-refractivity contribution in [1.29, 1.82) is 0 Å². The molecule has 0 aliphatic rings. The summed E-state index contributed by atoms with van der Waals surface area (Å²) in [5.41, 5.74) is 0.559. The quantitative estimate of drug-likeness (QED) is 0.710. The van der Waals surface area contributed by atoms with Gasteiger partial charge in [-0.1, -0.05) is 26.8 Å². The monoisotopic (exact) mass is 206 g/mol. The van der Waals surface area contributed by atoms with Crippen molar-refractivity contribution in [3.63, 3.8) is 0 Å². The number of aromatic nitrogens is 2. The fourth-order valence-electron chi connectivity index (χ4n) is 1.27. The van der Waals surface area contributed by atoms with Crippen LogP contribution in [0.2, 0.25) is 0 Å². The fourth-order valence-corrected chi connectivity index (χ4v) is 1.27. The second-order valence-electron chi connectivity index (χ2n) is 3.92. The van der Waals surface area contributed by atoms with Crippen molar-refractivity contribution in [2.75, 3.05) is 0 Å². The van der Waals surface area contributed by atoms with E-state index in [0.29, 0.717) is 5.69 Å². The van der Waals surface area contributed by atoms with Crippen LogP contribution in [0.3, 0.4) is 0 Å². The number of Topliss-reactive ketones (excluding diaryl/α,β-unsaturated/α-hetero) is 1. The molecule has 0 saturated heterocycles. The number of carbonyl (C=O) groups is 1. The number of nitrogens with zero attached hydrogens (tertiary/aromatic N) is 2. The molecule has 0 N–H and O–H groups in total. The first-order chi connectivity index (χ1) is 7.06. The van der Waals surface area contributed by atoms with Crippen LogP contribution in [0.25, 0.3) is 6.08 Å². The highest BCUT2D eigenvalue weighted by atomic mass is 16.1. The molecule has 3 nitrogen and oxygen atoms in total. The maximum Gasteiger partial charge on any atom is 0.185 e. The summed E-state index contributed by atoms with van der Waals surface area (Å²) >= 11 is 0. The first-order valence-corrected chi connectivity index (χ1v) is 5.30. The zero-order valence-corrected chi connectivity index (χ0v) is 9.82. The van der Waals surface area contributed by atoms with Crippen LogP contribution in [0.15, 0.2) is 12.3 Å². The van der Waals surface area contributed by atoms with Crippen LogP contribution in [0, 0.1) is 5.92 Å². The number of ketones is 1. The van der Waals surface area contributed by atoms with Gasteiger partial charge in [0.2, 0.25) is 0 Å². The largest absolute Gasteiger partial charge is 0.334 e. The number of hydrogen-bond acceptors (Lipinski definition) is 2. The average Bonchev–Trinajstić information content (AvgIpc) is 2.55. The standard InChI is InChI=1S/C12H18N2O/c1-5-6-7-11-13-10(8-14(11)4)12(15)9(2)3/h6-9H,5H2,1-4H3/b7-6-. The van der Waals surface area contributed by atoms with Gasteiger partial charge in [-0.05, 0) is 12.5 Å². The van der Waals surface area contributed by atoms with Crippen LogP contribution in [0.5, 0.6) is 0 Å². The molecule has 1 aromatic heterocycles. The molecule has 0 spiro atoms. The normalized spacial score (nSPS) is 11.5. The van der Waals surface area contributed by atoms with Crippen molar-refractivity contribution < 1.29 is 4.79 Å². The van der Waals surface area contributed by atoms with Gasteiger partial charge in [0.25, 0.3) is 0 Å². The van der Waals surface area contributed by atoms with Crippen LogP contribution < -0.4 is 0 Å². The number of hydrogen-bond donors (Lipinski definition) is 0. The van der Waals surface area contributed by atoms with E-state index < -0.39 is 0 Å². The third kappa shape index (κ3) is 2.78. The van der Waals surface area contributed by atoms with Gasteiger partial charge in [-0.2, -0.15) is 0 Å². The van der Waals surface area contributed by atoms with Crippen LogP contribution >= 0.6 is 0 Å². The van der Waals surface area contributed by atoms with Crippen molar-refractivity contribution in [3.05, 3.63) is 23.8 Å². The summed E-state index contributed by atoms with van der Waals surface area (Å²) in [6, 6.07) is 0. The molecule has 1 aromatic rings. The van der Waals surface area contributed by atoms with Gasteiger partial charge < -0.3 is 4.57 Å². The molecule has 1 rings (SSSR count). The van der Waals surface area contributed by atoms with Gasteiger partial charge in [-0.3, -0.25) is 4.79 Å². The van der Waals surface area contributed by atoms with E-state index in [1.807, 2.05) is 37.6 Å². The Morgan fingerprint density at radius 3 is 2.80 bits per heavy atom. The van der Waals surface area contributed by atoms with E-state index in [4.69, 9.17) is 0 Å². The lowest BCUT2D eigenvalue weighted by Gasteiger charge is -1.97. The number of carbonyl (C=O) groups excluding carboxylic acids is 1. The molecule has 0 radical (unpaired) electrons. The van der Waals surface area contributed by atoms with Crippen molar-refractivity contribution in [2.24, 2.45) is 13.0 Å². The van der Waals surface area contributed by atoms with Gasteiger partial charge in [-0.15, -0.1) is 0 Å². The number of allylic oxidation sites excluding steroid dienone is 1. The zero-order valence-electron chi connectivity index (χ0n) is 9.82. The van der Waals surface area contributed by atoms with Gasteiger partial charge in [0, 0.05) is 19.2 Å². The van der Waals surface area contributed by atoms with Gasteiger partial charge in [0.15, 0.2) is 5.78 Å². The summed E-state index contributed by atoms with van der Waals surface area (Å²) < 4.78 is 1.88. The van der Waals surface area contributed by atoms with Crippen molar-refractivity contribution >= 4 is 11.9 Å². The molecule has 0 fully saturated rings. The van der Waals surface area contributed by atoms with E-state index in [1.54, 1.807) is 6.20 Å². The van der Waals surface area contributed by atoms with Gasteiger partial charge in [-0.25, -0.2) is 4.98 Å². The molecular weight excluding hydrogens is 188 g/mol. The maximum absolute atomic E-state index is 11.7. The molecule has 0 aliphatic heterocycles. The van der Waals surface area contributed by atoms with Crippen LogP contribution in [0.4, 0.5) is 0 Å². The Bertz CT molecular complexity index is 375. The Morgan fingerprint density at radius 2 is 2.27 bits per heavy atom. The van der Waals surface area contributed by atoms with E-state index in [2.05, 4.69) is 11.9 Å². The van der Waals surface area contributed by atoms with Crippen LogP contribution in [-0.4, -0.2) is 15.3 Å². The smallest absolute Gasteiger partial charge is 0.185 e. The summed E-state index contributed by atoms with van der Waals surface area (Å²) in [4.78, 5) is 16.0. The summed E-state index contributed by atoms with van der Waals surface area (Å²) in [5, 5.41) is 0. The lowest BCUT2D eigenvalue weighted by molar-refractivity contribution is 0.0934. The van der Waals surface area contributed by atoms with Crippen molar-refractivity contribution in [2.45, 2.75) is 27.2 Å². The highest BCUT2D eigenvalue weighted by Crippen LogP contribution is 2.09. The third-order valence-electron chi connectivity index (χ3n) is 2.19. The van der Waals surface area contributed by atoms with Crippen molar-refractivity contribution in [1.82, 2.24) is 9.55 Å². The Morgan fingerprint density at radius 1 is 1.60 bits per heavy atom. The number of aryl methyl sites for hydroxylation is 1. The predicted molar refractivity (Wildman–Crippen MR) is 61.7 cm³/mol. The molecule has 0 atom stereocenters. The highest BCUT2D eigenvalue weighted by molar-refractivity contribution is 5.95. The summed E-state index contributed by atoms with van der Waals surface area (Å²) in [6.07, 6.45) is 6.74. The SMILES string of the molecule is CC/C=C\c1nc(C(=O)C(C)C)cn1C. The molecule has 0 unspecified atom stereocenters. The molecule has 0 amide bonds. The number of imidazole rings is 1. The maximum atomic E-state index is 11.7. The Kier molecular flexibility index (Phi) is 3.83. The molecule has 82 valence electrons. The summed E-state index contributed by atoms with van der Waals surface area (Å²) in [5.74, 6) is 0.936. The molecule has 0 bridgehead atoms. The van der Waals surface area contributed by atoms with Gasteiger partial charge in [0.1, 0.15) is 11.5 Å². The summed E-state index contributed by atoms with van der Waals surface area (Å²) in [6.45, 7) is 5.84. The van der Waals surface area contributed by atoms with E-state index in [0.717, 1.165) is 12.2 Å². The predicted octanol–water partition coefficient (Wildman–Crippen LogP) is 2.68. The minimum atomic E-state index is 0.00269. The summed E-state index contributed by atoms with van der Waals surface area (Å²) in [7, 11) is 1.90. The lowest BCUT2D eigenvalue weighted by atomic mass is 10.1. The second kappa shape index (κ2) is 4.91. The van der Waals surface area contributed by atoms with Gasteiger partial charge in [0.05, 0.1) is 0 Å². The fraction of sp³-hybridized carbons (Fsp3) is 0.500. The van der Waals surface area contributed by atoms with E-state index in [-0.39, 0.29) is 11.7 Å². The zero-order chi connectivity index (χ0) is 11.4. The Balaban J connectivity index is 2.95. The number of rotatable bonds is 4.